The second-order valence-corrected chi connectivity index (χ2v) is 4.57. The van der Waals surface area contributed by atoms with Crippen molar-refractivity contribution in [1.82, 2.24) is 0 Å². The van der Waals surface area contributed by atoms with E-state index in [9.17, 15) is 4.79 Å². The Bertz CT molecular complexity index is 374. The molecule has 1 fully saturated rings. The van der Waals surface area contributed by atoms with Gasteiger partial charge in [-0.25, -0.2) is 0 Å². The van der Waals surface area contributed by atoms with E-state index in [0.717, 1.165) is 18.4 Å². The molecule has 0 aliphatic carbocycles. The van der Waals surface area contributed by atoms with E-state index in [1.165, 1.54) is 0 Å². The second kappa shape index (κ2) is 6.52. The Kier molecular flexibility index (Phi) is 4.73. The van der Waals surface area contributed by atoms with E-state index < -0.39 is 6.04 Å². The molecule has 1 aromatic rings. The molecule has 1 saturated heterocycles. The smallest absolute Gasteiger partial charge is 0.323 e. The van der Waals surface area contributed by atoms with Gasteiger partial charge in [-0.2, -0.15) is 0 Å². The fourth-order valence-electron chi connectivity index (χ4n) is 2.09. The molecule has 0 bridgehead atoms. The quantitative estimate of drug-likeness (QED) is 0.821. The highest BCUT2D eigenvalue weighted by Gasteiger charge is 2.27. The zero-order chi connectivity index (χ0) is 12.8. The number of carbonyl (C=O) groups is 1. The summed E-state index contributed by atoms with van der Waals surface area (Å²) in [5.41, 5.74) is 6.90. The molecule has 4 heteroatoms. The predicted octanol–water partition coefficient (Wildman–Crippen LogP) is 1.48. The summed E-state index contributed by atoms with van der Waals surface area (Å²) < 4.78 is 10.5. The number of rotatable bonds is 4. The Hall–Kier alpha value is -1.39. The van der Waals surface area contributed by atoms with Gasteiger partial charge in [-0.15, -0.1) is 0 Å². The number of benzene rings is 1. The summed E-state index contributed by atoms with van der Waals surface area (Å²) in [4.78, 5) is 11.8. The number of hydrogen-bond donors (Lipinski definition) is 1. The number of carbonyl (C=O) groups excluding carboxylic acids is 1. The fourth-order valence-corrected chi connectivity index (χ4v) is 2.09. The first-order valence-electron chi connectivity index (χ1n) is 6.31. The SMILES string of the molecule is NC(C(=O)OCc1ccccc1)C1CCOCC1. The molecule has 0 saturated carbocycles. The Balaban J connectivity index is 1.80. The normalized spacial score (nSPS) is 18.3. The third kappa shape index (κ3) is 3.55. The largest absolute Gasteiger partial charge is 0.460 e. The van der Waals surface area contributed by atoms with E-state index >= 15 is 0 Å². The summed E-state index contributed by atoms with van der Waals surface area (Å²) in [7, 11) is 0. The second-order valence-electron chi connectivity index (χ2n) is 4.57. The molecule has 4 nitrogen and oxygen atoms in total. The standard InChI is InChI=1S/C14H19NO3/c15-13(12-6-8-17-9-7-12)14(16)18-10-11-4-2-1-3-5-11/h1-5,12-13H,6-10,15H2. The van der Waals surface area contributed by atoms with Crippen LogP contribution in [0.4, 0.5) is 0 Å². The van der Waals surface area contributed by atoms with E-state index in [-0.39, 0.29) is 18.5 Å². The molecule has 2 N–H and O–H groups in total. The van der Waals surface area contributed by atoms with Crippen molar-refractivity contribution in [2.24, 2.45) is 11.7 Å². The van der Waals surface area contributed by atoms with Crippen LogP contribution in [0, 0.1) is 5.92 Å². The van der Waals surface area contributed by atoms with Gasteiger partial charge in [0.05, 0.1) is 0 Å². The van der Waals surface area contributed by atoms with Gasteiger partial charge in [0.2, 0.25) is 0 Å². The average molecular weight is 249 g/mol. The molecular formula is C14H19NO3. The van der Waals surface area contributed by atoms with Crippen LogP contribution in [0.1, 0.15) is 18.4 Å². The van der Waals surface area contributed by atoms with Crippen LogP contribution in [-0.2, 0) is 20.9 Å². The van der Waals surface area contributed by atoms with E-state index in [1.54, 1.807) is 0 Å². The van der Waals surface area contributed by atoms with E-state index in [0.29, 0.717) is 13.2 Å². The highest BCUT2D eigenvalue weighted by atomic mass is 16.5. The average Bonchev–Trinajstić information content (AvgIpc) is 2.46. The maximum atomic E-state index is 11.8. The molecule has 0 amide bonds. The van der Waals surface area contributed by atoms with Crippen molar-refractivity contribution in [3.05, 3.63) is 35.9 Å². The van der Waals surface area contributed by atoms with Gasteiger partial charge >= 0.3 is 5.97 Å². The molecular weight excluding hydrogens is 230 g/mol. The van der Waals surface area contributed by atoms with Crippen LogP contribution >= 0.6 is 0 Å². The van der Waals surface area contributed by atoms with Gasteiger partial charge in [0.1, 0.15) is 12.6 Å². The van der Waals surface area contributed by atoms with E-state index in [2.05, 4.69) is 0 Å². The molecule has 2 rings (SSSR count). The van der Waals surface area contributed by atoms with Crippen LogP contribution in [0.25, 0.3) is 0 Å². The first-order valence-corrected chi connectivity index (χ1v) is 6.31. The lowest BCUT2D eigenvalue weighted by molar-refractivity contribution is -0.148. The van der Waals surface area contributed by atoms with Gasteiger partial charge in [0.25, 0.3) is 0 Å². The lowest BCUT2D eigenvalue weighted by Crippen LogP contribution is -2.41. The van der Waals surface area contributed by atoms with E-state index in [1.807, 2.05) is 30.3 Å². The topological polar surface area (TPSA) is 61.6 Å². The molecule has 18 heavy (non-hydrogen) atoms. The first-order chi connectivity index (χ1) is 8.77. The van der Waals surface area contributed by atoms with Crippen LogP contribution in [0.2, 0.25) is 0 Å². The highest BCUT2D eigenvalue weighted by Crippen LogP contribution is 2.18. The minimum atomic E-state index is -0.530. The molecule has 1 aliphatic rings. The summed E-state index contributed by atoms with van der Waals surface area (Å²) in [6, 6.07) is 9.08. The van der Waals surface area contributed by atoms with Crippen molar-refractivity contribution in [3.8, 4) is 0 Å². The molecule has 1 atom stereocenters. The Morgan fingerprint density at radius 2 is 2.00 bits per heavy atom. The van der Waals surface area contributed by atoms with Gasteiger partial charge in [-0.05, 0) is 24.3 Å². The number of hydrogen-bond acceptors (Lipinski definition) is 4. The monoisotopic (exact) mass is 249 g/mol. The van der Waals surface area contributed by atoms with Crippen LogP contribution in [0.3, 0.4) is 0 Å². The van der Waals surface area contributed by atoms with Crippen LogP contribution in [-0.4, -0.2) is 25.2 Å². The zero-order valence-electron chi connectivity index (χ0n) is 10.4. The maximum Gasteiger partial charge on any atom is 0.323 e. The van der Waals surface area contributed by atoms with Crippen molar-refractivity contribution in [3.63, 3.8) is 0 Å². The third-order valence-corrected chi connectivity index (χ3v) is 3.27. The van der Waals surface area contributed by atoms with Crippen molar-refractivity contribution >= 4 is 5.97 Å². The van der Waals surface area contributed by atoms with Crippen LogP contribution < -0.4 is 5.73 Å². The summed E-state index contributed by atoms with van der Waals surface area (Å²) in [6.45, 7) is 1.66. The minimum Gasteiger partial charge on any atom is -0.460 e. The summed E-state index contributed by atoms with van der Waals surface area (Å²) in [5.74, 6) is -0.132. The number of esters is 1. The summed E-state index contributed by atoms with van der Waals surface area (Å²) in [6.07, 6.45) is 1.67. The minimum absolute atomic E-state index is 0.182. The molecule has 0 radical (unpaired) electrons. The van der Waals surface area contributed by atoms with Gasteiger partial charge < -0.3 is 15.2 Å². The third-order valence-electron chi connectivity index (χ3n) is 3.27. The Labute approximate surface area is 107 Å². The van der Waals surface area contributed by atoms with Gasteiger partial charge in [0.15, 0.2) is 0 Å². The van der Waals surface area contributed by atoms with Crippen molar-refractivity contribution in [1.29, 1.82) is 0 Å². The summed E-state index contributed by atoms with van der Waals surface area (Å²) in [5, 5.41) is 0. The predicted molar refractivity (Wildman–Crippen MR) is 67.8 cm³/mol. The summed E-state index contributed by atoms with van der Waals surface area (Å²) >= 11 is 0. The van der Waals surface area contributed by atoms with Crippen molar-refractivity contribution in [2.75, 3.05) is 13.2 Å². The van der Waals surface area contributed by atoms with Gasteiger partial charge in [0, 0.05) is 13.2 Å². The lowest BCUT2D eigenvalue weighted by atomic mass is 9.92. The molecule has 0 spiro atoms. The van der Waals surface area contributed by atoms with Crippen molar-refractivity contribution < 1.29 is 14.3 Å². The molecule has 1 heterocycles. The molecule has 98 valence electrons. The first kappa shape index (κ1) is 13.1. The van der Waals surface area contributed by atoms with Crippen LogP contribution in [0.15, 0.2) is 30.3 Å². The lowest BCUT2D eigenvalue weighted by Gasteiger charge is -2.26. The zero-order valence-corrected chi connectivity index (χ0v) is 10.4. The number of ether oxygens (including phenoxy) is 2. The number of nitrogens with two attached hydrogens (primary N) is 1. The van der Waals surface area contributed by atoms with Gasteiger partial charge in [-0.1, -0.05) is 30.3 Å². The highest BCUT2D eigenvalue weighted by molar-refractivity contribution is 5.75. The Morgan fingerprint density at radius 1 is 1.33 bits per heavy atom. The molecule has 1 aromatic carbocycles. The fraction of sp³-hybridized carbons (Fsp3) is 0.500. The van der Waals surface area contributed by atoms with E-state index in [4.69, 9.17) is 15.2 Å². The molecule has 0 aromatic heterocycles. The molecule has 1 unspecified atom stereocenters. The molecule has 1 aliphatic heterocycles. The van der Waals surface area contributed by atoms with Crippen molar-refractivity contribution in [2.45, 2.75) is 25.5 Å². The maximum absolute atomic E-state index is 11.8. The van der Waals surface area contributed by atoms with Gasteiger partial charge in [-0.3, -0.25) is 4.79 Å². The van der Waals surface area contributed by atoms with Crippen LogP contribution in [0.5, 0.6) is 0 Å². The Morgan fingerprint density at radius 3 is 2.67 bits per heavy atom.